The van der Waals surface area contributed by atoms with Crippen LogP contribution in [0.15, 0.2) is 176 Å². The maximum atomic E-state index is 4.94. The van der Waals surface area contributed by atoms with Gasteiger partial charge in [-0.3, -0.25) is 0 Å². The first-order valence-corrected chi connectivity index (χ1v) is 20.1. The number of benzene rings is 9. The second kappa shape index (κ2) is 11.9. The minimum Gasteiger partial charge on any atom is -0.309 e. The lowest BCUT2D eigenvalue weighted by Gasteiger charge is -2.16. The zero-order valence-corrected chi connectivity index (χ0v) is 31.0. The van der Waals surface area contributed by atoms with Crippen molar-refractivity contribution in [2.24, 2.45) is 0 Å². The van der Waals surface area contributed by atoms with Crippen LogP contribution in [0.5, 0.6) is 0 Å². The van der Waals surface area contributed by atoms with E-state index < -0.39 is 0 Å². The SMILES string of the molecule is c1ccc2sc(-c3ccc(-c4cc5c6ccccc6c6c(c7ccccc7n6-c6ccc(-c7nc8ccccc8s7)cc6)c5c5ccccc45)cc3)nc2c1. The molecule has 0 aliphatic rings. The number of para-hydroxylation sites is 3. The number of aromatic nitrogens is 3. The Kier molecular flexibility index (Phi) is 6.67. The van der Waals surface area contributed by atoms with Crippen molar-refractivity contribution in [3.63, 3.8) is 0 Å². The van der Waals surface area contributed by atoms with Crippen LogP contribution in [-0.4, -0.2) is 14.5 Å². The Hall–Kier alpha value is -6.66. The van der Waals surface area contributed by atoms with E-state index in [0.29, 0.717) is 0 Å². The Morgan fingerprint density at radius 3 is 1.55 bits per heavy atom. The molecule has 9 aromatic carbocycles. The molecule has 256 valence electrons. The number of fused-ring (bicyclic) bond motifs is 12. The molecule has 0 fully saturated rings. The molecule has 5 heteroatoms. The molecule has 0 atom stereocenters. The summed E-state index contributed by atoms with van der Waals surface area (Å²) < 4.78 is 4.89. The Morgan fingerprint density at radius 2 is 0.891 bits per heavy atom. The fourth-order valence-electron chi connectivity index (χ4n) is 8.57. The van der Waals surface area contributed by atoms with E-state index in [1.807, 2.05) is 0 Å². The number of hydrogen-bond acceptors (Lipinski definition) is 4. The molecular formula is C50H29N3S2. The highest BCUT2D eigenvalue weighted by Crippen LogP contribution is 2.47. The predicted octanol–water partition coefficient (Wildman–Crippen LogP) is 14.5. The molecule has 12 aromatic rings. The van der Waals surface area contributed by atoms with Crippen molar-refractivity contribution in [3.05, 3.63) is 176 Å². The molecule has 3 aromatic heterocycles. The van der Waals surface area contributed by atoms with Crippen LogP contribution in [0, 0.1) is 0 Å². The lowest BCUT2D eigenvalue weighted by Crippen LogP contribution is -1.95. The van der Waals surface area contributed by atoms with Gasteiger partial charge in [0.2, 0.25) is 0 Å². The van der Waals surface area contributed by atoms with Crippen LogP contribution in [0.2, 0.25) is 0 Å². The molecule has 0 saturated carbocycles. The summed E-state index contributed by atoms with van der Waals surface area (Å²) in [6, 6.07) is 63.9. The normalized spacial score (nSPS) is 12.0. The molecule has 0 spiro atoms. The van der Waals surface area contributed by atoms with E-state index >= 15 is 0 Å². The third-order valence-electron chi connectivity index (χ3n) is 11.0. The van der Waals surface area contributed by atoms with Crippen molar-refractivity contribution < 1.29 is 0 Å². The highest BCUT2D eigenvalue weighted by atomic mass is 32.1. The van der Waals surface area contributed by atoms with Gasteiger partial charge in [-0.1, -0.05) is 115 Å². The van der Waals surface area contributed by atoms with Gasteiger partial charge in [0, 0.05) is 38.4 Å². The monoisotopic (exact) mass is 735 g/mol. The van der Waals surface area contributed by atoms with Gasteiger partial charge in [0.05, 0.1) is 31.5 Å². The minimum absolute atomic E-state index is 1.04. The maximum absolute atomic E-state index is 4.94. The average molecular weight is 736 g/mol. The highest BCUT2D eigenvalue weighted by Gasteiger charge is 2.22. The Bertz CT molecular complexity index is 3410. The van der Waals surface area contributed by atoms with Gasteiger partial charge in [-0.25, -0.2) is 9.97 Å². The summed E-state index contributed by atoms with van der Waals surface area (Å²) in [5, 5.41) is 12.2. The van der Waals surface area contributed by atoms with E-state index in [4.69, 9.17) is 9.97 Å². The summed E-state index contributed by atoms with van der Waals surface area (Å²) in [5.41, 5.74) is 10.4. The summed E-state index contributed by atoms with van der Waals surface area (Å²) in [7, 11) is 0. The fourth-order valence-corrected chi connectivity index (χ4v) is 10.5. The zero-order valence-electron chi connectivity index (χ0n) is 29.4. The van der Waals surface area contributed by atoms with Crippen molar-refractivity contribution >= 4 is 97.2 Å². The van der Waals surface area contributed by atoms with E-state index in [1.54, 1.807) is 22.7 Å². The van der Waals surface area contributed by atoms with E-state index in [0.717, 1.165) is 37.9 Å². The molecule has 0 bridgehead atoms. The predicted molar refractivity (Wildman–Crippen MR) is 236 cm³/mol. The Labute approximate surface area is 324 Å². The van der Waals surface area contributed by atoms with Crippen molar-refractivity contribution in [3.8, 4) is 38.0 Å². The molecule has 0 unspecified atom stereocenters. The molecule has 0 radical (unpaired) electrons. The molecular weight excluding hydrogens is 707 g/mol. The Balaban J connectivity index is 1.10. The van der Waals surface area contributed by atoms with Crippen LogP contribution in [-0.2, 0) is 0 Å². The second-order valence-electron chi connectivity index (χ2n) is 14.1. The van der Waals surface area contributed by atoms with Crippen LogP contribution >= 0.6 is 22.7 Å². The molecule has 0 N–H and O–H groups in total. The summed E-state index contributed by atoms with van der Waals surface area (Å²) >= 11 is 3.49. The summed E-state index contributed by atoms with van der Waals surface area (Å²) in [4.78, 5) is 9.87. The van der Waals surface area contributed by atoms with E-state index in [2.05, 4.69) is 180 Å². The summed E-state index contributed by atoms with van der Waals surface area (Å²) in [6.07, 6.45) is 0. The lowest BCUT2D eigenvalue weighted by atomic mass is 9.88. The van der Waals surface area contributed by atoms with Gasteiger partial charge in [-0.2, -0.15) is 0 Å². The average Bonchev–Trinajstić information content (AvgIpc) is 3.98. The molecule has 0 aliphatic heterocycles. The lowest BCUT2D eigenvalue weighted by molar-refractivity contribution is 1.19. The third kappa shape index (κ3) is 4.67. The van der Waals surface area contributed by atoms with Crippen molar-refractivity contribution in [1.82, 2.24) is 14.5 Å². The molecule has 0 amide bonds. The van der Waals surface area contributed by atoms with E-state index in [1.165, 1.54) is 74.6 Å². The number of hydrogen-bond donors (Lipinski definition) is 0. The van der Waals surface area contributed by atoms with Crippen LogP contribution in [0.3, 0.4) is 0 Å². The van der Waals surface area contributed by atoms with Gasteiger partial charge in [-0.15, -0.1) is 22.7 Å². The van der Waals surface area contributed by atoms with Crippen LogP contribution < -0.4 is 0 Å². The molecule has 3 heterocycles. The first-order chi connectivity index (χ1) is 27.3. The van der Waals surface area contributed by atoms with Gasteiger partial charge < -0.3 is 4.57 Å². The van der Waals surface area contributed by atoms with Gasteiger partial charge in [-0.05, 0) is 93.3 Å². The largest absolute Gasteiger partial charge is 0.309 e. The van der Waals surface area contributed by atoms with Crippen LogP contribution in [0.4, 0.5) is 0 Å². The number of nitrogens with zero attached hydrogens (tertiary/aromatic N) is 3. The van der Waals surface area contributed by atoms with Gasteiger partial charge in [0.15, 0.2) is 0 Å². The van der Waals surface area contributed by atoms with Crippen molar-refractivity contribution in [2.75, 3.05) is 0 Å². The molecule has 55 heavy (non-hydrogen) atoms. The zero-order chi connectivity index (χ0) is 36.0. The fraction of sp³-hybridized carbons (Fsp3) is 0. The van der Waals surface area contributed by atoms with Crippen LogP contribution in [0.25, 0.3) is 113 Å². The number of thiazole rings is 2. The van der Waals surface area contributed by atoms with Crippen LogP contribution in [0.1, 0.15) is 0 Å². The van der Waals surface area contributed by atoms with Gasteiger partial charge in [0.1, 0.15) is 10.0 Å². The highest BCUT2D eigenvalue weighted by molar-refractivity contribution is 7.22. The maximum Gasteiger partial charge on any atom is 0.124 e. The Morgan fingerprint density at radius 1 is 0.382 bits per heavy atom. The summed E-state index contributed by atoms with van der Waals surface area (Å²) in [5.74, 6) is 0. The smallest absolute Gasteiger partial charge is 0.124 e. The van der Waals surface area contributed by atoms with Gasteiger partial charge >= 0.3 is 0 Å². The van der Waals surface area contributed by atoms with E-state index in [-0.39, 0.29) is 0 Å². The minimum atomic E-state index is 1.04. The molecule has 3 nitrogen and oxygen atoms in total. The standard InChI is InChI=1S/C50H29N3S2/c1-3-13-36-34(11-1)39(30-21-23-31(24-22-30)49-51-41-16-6-9-19-44(41)54-49)29-40-35-12-2-4-14-37(35)48-47(46(36)40)38-15-5-8-18-43(38)53(48)33-27-25-32(26-28-33)50-52-42-17-7-10-20-45(42)55-50/h1-29H. The first-order valence-electron chi connectivity index (χ1n) is 18.5. The van der Waals surface area contributed by atoms with Crippen molar-refractivity contribution in [1.29, 1.82) is 0 Å². The second-order valence-corrected chi connectivity index (χ2v) is 16.2. The number of rotatable bonds is 4. The van der Waals surface area contributed by atoms with Gasteiger partial charge in [0.25, 0.3) is 0 Å². The van der Waals surface area contributed by atoms with Crippen molar-refractivity contribution in [2.45, 2.75) is 0 Å². The molecule has 0 saturated heterocycles. The third-order valence-corrected chi connectivity index (χ3v) is 13.2. The summed E-state index contributed by atoms with van der Waals surface area (Å²) in [6.45, 7) is 0. The molecule has 0 aliphatic carbocycles. The molecule has 12 rings (SSSR count). The first kappa shape index (κ1) is 30.8. The van der Waals surface area contributed by atoms with E-state index in [9.17, 15) is 0 Å². The quantitative estimate of drug-likeness (QED) is 0.169. The topological polar surface area (TPSA) is 30.7 Å².